The summed E-state index contributed by atoms with van der Waals surface area (Å²) in [5, 5.41) is 4.15. The van der Waals surface area contributed by atoms with Gasteiger partial charge in [0.2, 0.25) is 0 Å². The van der Waals surface area contributed by atoms with E-state index in [1.54, 1.807) is 0 Å². The standard InChI is InChI=1S/C61H39NO2/c1-5-19-40(20-6-1)42-23-17-28-45(37-42)62(46-35-36-48-47-29-13-15-32-52(47)61(53(48)38-46,43-24-9-3-10-25-43)44-26-11-4-12-27-44)54-33-18-31-49-51-39-56-58(50-30-14-16-34-55(50)63-56)57(60(51)64-59(49)54)41-21-7-2-8-22-41/h1-39H. The summed E-state index contributed by atoms with van der Waals surface area (Å²) in [5.74, 6) is 0. The zero-order valence-electron chi connectivity index (χ0n) is 34.8. The Morgan fingerprint density at radius 2 is 0.938 bits per heavy atom. The highest BCUT2D eigenvalue weighted by Gasteiger charge is 2.46. The van der Waals surface area contributed by atoms with Gasteiger partial charge in [-0.15, -0.1) is 0 Å². The number of rotatable bonds is 7. The molecular formula is C61H39NO2. The average molecular weight is 818 g/mol. The number of anilines is 3. The number of furan rings is 2. The van der Waals surface area contributed by atoms with E-state index in [1.807, 2.05) is 12.1 Å². The van der Waals surface area contributed by atoms with E-state index in [9.17, 15) is 0 Å². The van der Waals surface area contributed by atoms with Crippen molar-refractivity contribution < 1.29 is 8.83 Å². The Bertz CT molecular complexity index is 3680. The van der Waals surface area contributed by atoms with Gasteiger partial charge in [-0.05, 0) is 92.5 Å². The van der Waals surface area contributed by atoms with Crippen LogP contribution in [0.4, 0.5) is 17.1 Å². The van der Waals surface area contributed by atoms with E-state index in [0.717, 1.165) is 83.2 Å². The maximum Gasteiger partial charge on any atom is 0.159 e. The van der Waals surface area contributed by atoms with Crippen LogP contribution in [0.2, 0.25) is 0 Å². The van der Waals surface area contributed by atoms with E-state index >= 15 is 0 Å². The quantitative estimate of drug-likeness (QED) is 0.160. The van der Waals surface area contributed by atoms with Gasteiger partial charge in [0.25, 0.3) is 0 Å². The van der Waals surface area contributed by atoms with Gasteiger partial charge in [0.1, 0.15) is 16.7 Å². The lowest BCUT2D eigenvalue weighted by Crippen LogP contribution is -2.28. The molecule has 300 valence electrons. The largest absolute Gasteiger partial charge is 0.456 e. The van der Waals surface area contributed by atoms with Gasteiger partial charge in [-0.2, -0.15) is 0 Å². The van der Waals surface area contributed by atoms with Crippen molar-refractivity contribution in [1.29, 1.82) is 0 Å². The van der Waals surface area contributed by atoms with Crippen molar-refractivity contribution in [3.8, 4) is 33.4 Å². The number of nitrogens with zero attached hydrogens (tertiary/aromatic N) is 1. The van der Waals surface area contributed by atoms with Crippen molar-refractivity contribution in [3.05, 3.63) is 259 Å². The Morgan fingerprint density at radius 1 is 0.344 bits per heavy atom. The molecule has 0 saturated carbocycles. The Morgan fingerprint density at radius 3 is 1.70 bits per heavy atom. The molecule has 0 saturated heterocycles. The summed E-state index contributed by atoms with van der Waals surface area (Å²) >= 11 is 0. The van der Waals surface area contributed by atoms with Crippen molar-refractivity contribution >= 4 is 60.9 Å². The summed E-state index contributed by atoms with van der Waals surface area (Å²) < 4.78 is 14.0. The summed E-state index contributed by atoms with van der Waals surface area (Å²) in [4.78, 5) is 2.39. The van der Waals surface area contributed by atoms with Crippen LogP contribution < -0.4 is 4.90 Å². The van der Waals surface area contributed by atoms with Crippen molar-refractivity contribution in [1.82, 2.24) is 0 Å². The molecule has 1 aliphatic carbocycles. The molecule has 0 spiro atoms. The third-order valence-corrected chi connectivity index (χ3v) is 13.3. The van der Waals surface area contributed by atoms with E-state index in [1.165, 1.54) is 33.4 Å². The molecule has 0 amide bonds. The normalized spacial score (nSPS) is 12.8. The zero-order chi connectivity index (χ0) is 42.2. The topological polar surface area (TPSA) is 29.5 Å². The summed E-state index contributed by atoms with van der Waals surface area (Å²) in [7, 11) is 0. The first kappa shape index (κ1) is 36.3. The monoisotopic (exact) mass is 817 g/mol. The smallest absolute Gasteiger partial charge is 0.159 e. The molecule has 12 aromatic rings. The molecule has 13 rings (SSSR count). The maximum absolute atomic E-state index is 7.37. The molecule has 3 nitrogen and oxygen atoms in total. The number of hydrogen-bond donors (Lipinski definition) is 0. The van der Waals surface area contributed by atoms with Crippen molar-refractivity contribution in [3.63, 3.8) is 0 Å². The van der Waals surface area contributed by atoms with E-state index < -0.39 is 5.41 Å². The van der Waals surface area contributed by atoms with Crippen LogP contribution in [0.25, 0.3) is 77.3 Å². The molecule has 2 heterocycles. The molecule has 10 aromatic carbocycles. The van der Waals surface area contributed by atoms with Crippen LogP contribution >= 0.6 is 0 Å². The summed E-state index contributed by atoms with van der Waals surface area (Å²) in [6, 6.07) is 85.1. The number of benzene rings is 10. The van der Waals surface area contributed by atoms with Crippen LogP contribution in [0.1, 0.15) is 22.3 Å². The highest BCUT2D eigenvalue weighted by molar-refractivity contribution is 6.24. The Balaban J connectivity index is 1.11. The molecular weight excluding hydrogens is 779 g/mol. The molecule has 0 radical (unpaired) electrons. The van der Waals surface area contributed by atoms with Gasteiger partial charge >= 0.3 is 0 Å². The van der Waals surface area contributed by atoms with Crippen LogP contribution in [0.15, 0.2) is 245 Å². The first-order chi connectivity index (χ1) is 31.8. The third-order valence-electron chi connectivity index (χ3n) is 13.3. The lowest BCUT2D eigenvalue weighted by atomic mass is 9.67. The summed E-state index contributed by atoms with van der Waals surface area (Å²) in [5.41, 5.74) is 17.6. The van der Waals surface area contributed by atoms with E-state index in [2.05, 4.69) is 229 Å². The Kier molecular flexibility index (Phi) is 8.13. The number of fused-ring (bicyclic) bond motifs is 9. The average Bonchev–Trinajstić information content (AvgIpc) is 4.03. The molecule has 0 N–H and O–H groups in total. The van der Waals surface area contributed by atoms with Gasteiger partial charge in [0, 0.05) is 38.5 Å². The predicted molar refractivity (Wildman–Crippen MR) is 264 cm³/mol. The predicted octanol–water partition coefficient (Wildman–Crippen LogP) is 16.7. The second-order valence-corrected chi connectivity index (χ2v) is 16.7. The van der Waals surface area contributed by atoms with Gasteiger partial charge < -0.3 is 13.7 Å². The van der Waals surface area contributed by atoms with Gasteiger partial charge in [-0.1, -0.05) is 194 Å². The van der Waals surface area contributed by atoms with E-state index in [0.29, 0.717) is 0 Å². The van der Waals surface area contributed by atoms with Crippen molar-refractivity contribution in [2.45, 2.75) is 5.41 Å². The molecule has 3 heteroatoms. The van der Waals surface area contributed by atoms with Crippen molar-refractivity contribution in [2.75, 3.05) is 4.90 Å². The lowest BCUT2D eigenvalue weighted by Gasteiger charge is -2.35. The van der Waals surface area contributed by atoms with Crippen LogP contribution in [0, 0.1) is 0 Å². The minimum absolute atomic E-state index is 0.561. The first-order valence-corrected chi connectivity index (χ1v) is 21.9. The van der Waals surface area contributed by atoms with Gasteiger partial charge in [-0.25, -0.2) is 0 Å². The fourth-order valence-corrected chi connectivity index (χ4v) is 10.6. The fourth-order valence-electron chi connectivity index (χ4n) is 10.6. The SMILES string of the molecule is c1ccc(-c2cccc(N(c3ccc4c(c3)C(c3ccccc3)(c3ccccc3)c3ccccc3-4)c3cccc4c3oc3c(-c5ccccc5)c5c(cc34)oc3ccccc35)c2)cc1. The molecule has 1 aliphatic rings. The lowest BCUT2D eigenvalue weighted by molar-refractivity contribution is 0.665. The minimum atomic E-state index is -0.561. The second-order valence-electron chi connectivity index (χ2n) is 16.7. The molecule has 64 heavy (non-hydrogen) atoms. The second kappa shape index (κ2) is 14.3. The van der Waals surface area contributed by atoms with Crippen LogP contribution in [-0.2, 0) is 5.41 Å². The van der Waals surface area contributed by atoms with E-state index in [4.69, 9.17) is 8.83 Å². The third kappa shape index (κ3) is 5.34. The number of hydrogen-bond acceptors (Lipinski definition) is 3. The maximum atomic E-state index is 7.37. The number of para-hydroxylation sites is 2. The van der Waals surface area contributed by atoms with E-state index in [-0.39, 0.29) is 0 Å². The highest BCUT2D eigenvalue weighted by atomic mass is 16.3. The van der Waals surface area contributed by atoms with Crippen LogP contribution in [0.3, 0.4) is 0 Å². The Labute approximate surface area is 370 Å². The van der Waals surface area contributed by atoms with Gasteiger partial charge in [-0.3, -0.25) is 0 Å². The fraction of sp³-hybridized carbons (Fsp3) is 0.0164. The van der Waals surface area contributed by atoms with Gasteiger partial charge in [0.05, 0.1) is 11.1 Å². The molecule has 0 bridgehead atoms. The molecule has 0 unspecified atom stereocenters. The van der Waals surface area contributed by atoms with Crippen molar-refractivity contribution in [2.24, 2.45) is 0 Å². The molecule has 0 atom stereocenters. The molecule has 0 fully saturated rings. The minimum Gasteiger partial charge on any atom is -0.456 e. The molecule has 2 aromatic heterocycles. The van der Waals surface area contributed by atoms with Crippen LogP contribution in [0.5, 0.6) is 0 Å². The Hall–Kier alpha value is -8.40. The van der Waals surface area contributed by atoms with Gasteiger partial charge in [0.15, 0.2) is 5.58 Å². The zero-order valence-corrected chi connectivity index (χ0v) is 34.8. The van der Waals surface area contributed by atoms with Crippen LogP contribution in [-0.4, -0.2) is 0 Å². The highest BCUT2D eigenvalue weighted by Crippen LogP contribution is 2.58. The summed E-state index contributed by atoms with van der Waals surface area (Å²) in [6.45, 7) is 0. The first-order valence-electron chi connectivity index (χ1n) is 21.9. The summed E-state index contributed by atoms with van der Waals surface area (Å²) in [6.07, 6.45) is 0. The molecule has 0 aliphatic heterocycles.